The first-order valence-electron chi connectivity index (χ1n) is 5.64. The van der Waals surface area contributed by atoms with Crippen LogP contribution in [0.5, 0.6) is 0 Å². The molecule has 1 heterocycles. The molecule has 5 nitrogen and oxygen atoms in total. The minimum atomic E-state index is -0.641. The maximum atomic E-state index is 12.1. The molecule has 0 atom stereocenters. The molecular weight excluding hydrogens is 232 g/mol. The molecule has 0 fully saturated rings. The summed E-state index contributed by atoms with van der Waals surface area (Å²) >= 11 is 0. The van der Waals surface area contributed by atoms with Crippen LogP contribution in [-0.4, -0.2) is 17.3 Å². The molecule has 94 valence electrons. The number of pyridine rings is 1. The van der Waals surface area contributed by atoms with Crippen LogP contribution in [0.1, 0.15) is 23.0 Å². The Morgan fingerprint density at radius 1 is 1.33 bits per heavy atom. The third-order valence-electron chi connectivity index (χ3n) is 2.86. The van der Waals surface area contributed by atoms with Gasteiger partial charge in [0.05, 0.1) is 6.61 Å². The monoisotopic (exact) mass is 246 g/mol. The molecule has 2 rings (SSSR count). The molecule has 0 bridgehead atoms. The summed E-state index contributed by atoms with van der Waals surface area (Å²) in [6.07, 6.45) is 0. The first-order chi connectivity index (χ1) is 8.57. The average Bonchev–Trinajstić information content (AvgIpc) is 2.37. The number of aromatic nitrogens is 1. The standard InChI is InChI=1S/C13H14N2O3/c1-3-18-13(17)11-10-7-5-4-6-9(10)8(2)15(14)12(11)16/h4-7H,3,14H2,1-2H3. The Morgan fingerprint density at radius 2 is 1.94 bits per heavy atom. The Kier molecular flexibility index (Phi) is 3.06. The van der Waals surface area contributed by atoms with Gasteiger partial charge in [-0.2, -0.15) is 0 Å². The summed E-state index contributed by atoms with van der Waals surface area (Å²) in [5.41, 5.74) is 0.0637. The lowest BCUT2D eigenvalue weighted by Crippen LogP contribution is -2.34. The van der Waals surface area contributed by atoms with Gasteiger partial charge in [0.25, 0.3) is 5.56 Å². The molecule has 18 heavy (non-hydrogen) atoms. The van der Waals surface area contributed by atoms with Gasteiger partial charge in [-0.05, 0) is 13.8 Å². The number of benzene rings is 1. The summed E-state index contributed by atoms with van der Waals surface area (Å²) in [7, 11) is 0. The van der Waals surface area contributed by atoms with Gasteiger partial charge >= 0.3 is 5.97 Å². The summed E-state index contributed by atoms with van der Waals surface area (Å²) in [6.45, 7) is 3.64. The molecule has 0 radical (unpaired) electrons. The molecule has 0 amide bonds. The fourth-order valence-electron chi connectivity index (χ4n) is 1.93. The van der Waals surface area contributed by atoms with Gasteiger partial charge in [-0.15, -0.1) is 0 Å². The molecule has 0 aliphatic carbocycles. The molecule has 0 spiro atoms. The van der Waals surface area contributed by atoms with Crippen molar-refractivity contribution < 1.29 is 9.53 Å². The van der Waals surface area contributed by atoms with E-state index >= 15 is 0 Å². The van der Waals surface area contributed by atoms with Crippen molar-refractivity contribution in [2.24, 2.45) is 0 Å². The van der Waals surface area contributed by atoms with Crippen molar-refractivity contribution in [1.82, 2.24) is 4.68 Å². The summed E-state index contributed by atoms with van der Waals surface area (Å²) in [5.74, 6) is 5.04. The molecule has 1 aromatic carbocycles. The highest BCUT2D eigenvalue weighted by atomic mass is 16.5. The van der Waals surface area contributed by atoms with E-state index in [1.807, 2.05) is 12.1 Å². The van der Waals surface area contributed by atoms with Crippen LogP contribution in [0.15, 0.2) is 29.1 Å². The van der Waals surface area contributed by atoms with E-state index in [1.54, 1.807) is 26.0 Å². The SMILES string of the molecule is CCOC(=O)c1c(=O)n(N)c(C)c2ccccc12. The molecular formula is C13H14N2O3. The van der Waals surface area contributed by atoms with Crippen molar-refractivity contribution >= 4 is 16.7 Å². The number of hydrogen-bond donors (Lipinski definition) is 1. The van der Waals surface area contributed by atoms with Crippen LogP contribution >= 0.6 is 0 Å². The van der Waals surface area contributed by atoms with E-state index in [-0.39, 0.29) is 12.2 Å². The van der Waals surface area contributed by atoms with Gasteiger partial charge in [0.15, 0.2) is 0 Å². The summed E-state index contributed by atoms with van der Waals surface area (Å²) in [4.78, 5) is 23.9. The molecule has 2 N–H and O–H groups in total. The van der Waals surface area contributed by atoms with Gasteiger partial charge in [0.1, 0.15) is 5.56 Å². The number of nitrogen functional groups attached to an aromatic ring is 1. The molecule has 1 aromatic heterocycles. The van der Waals surface area contributed by atoms with E-state index in [0.29, 0.717) is 11.1 Å². The van der Waals surface area contributed by atoms with Gasteiger partial charge in [-0.1, -0.05) is 24.3 Å². The fraction of sp³-hybridized carbons (Fsp3) is 0.231. The predicted octanol–water partition coefficient (Wildman–Crippen LogP) is 1.20. The normalized spacial score (nSPS) is 10.6. The van der Waals surface area contributed by atoms with E-state index in [1.165, 1.54) is 0 Å². The minimum absolute atomic E-state index is 0.0134. The Bertz CT molecular complexity index is 674. The number of esters is 1. The highest BCUT2D eigenvalue weighted by Crippen LogP contribution is 2.19. The van der Waals surface area contributed by atoms with Crippen LogP contribution in [0.3, 0.4) is 0 Å². The number of rotatable bonds is 2. The van der Waals surface area contributed by atoms with Crippen molar-refractivity contribution in [1.29, 1.82) is 0 Å². The average molecular weight is 246 g/mol. The highest BCUT2D eigenvalue weighted by Gasteiger charge is 2.19. The van der Waals surface area contributed by atoms with Crippen molar-refractivity contribution in [3.05, 3.63) is 45.9 Å². The molecule has 0 aliphatic heterocycles. The second kappa shape index (κ2) is 4.52. The fourth-order valence-corrected chi connectivity index (χ4v) is 1.93. The quantitative estimate of drug-likeness (QED) is 0.638. The van der Waals surface area contributed by atoms with Gasteiger partial charge in [0, 0.05) is 16.5 Å². The lowest BCUT2D eigenvalue weighted by atomic mass is 10.1. The topological polar surface area (TPSA) is 74.3 Å². The number of carbonyl (C=O) groups excluding carboxylic acids is 1. The number of nitrogens with zero attached hydrogens (tertiary/aromatic N) is 1. The van der Waals surface area contributed by atoms with Crippen LogP contribution in [0.25, 0.3) is 10.8 Å². The Morgan fingerprint density at radius 3 is 2.56 bits per heavy atom. The number of aryl methyl sites for hydroxylation is 1. The van der Waals surface area contributed by atoms with E-state index < -0.39 is 11.5 Å². The van der Waals surface area contributed by atoms with E-state index in [4.69, 9.17) is 10.6 Å². The summed E-state index contributed by atoms with van der Waals surface area (Å²) in [5, 5.41) is 1.34. The molecule has 2 aromatic rings. The zero-order valence-corrected chi connectivity index (χ0v) is 10.3. The number of fused-ring (bicyclic) bond motifs is 1. The summed E-state index contributed by atoms with van der Waals surface area (Å²) < 4.78 is 5.88. The van der Waals surface area contributed by atoms with Crippen molar-refractivity contribution in [2.75, 3.05) is 12.4 Å². The Labute approximate surface area is 104 Å². The van der Waals surface area contributed by atoms with Gasteiger partial charge in [0.2, 0.25) is 0 Å². The highest BCUT2D eigenvalue weighted by molar-refractivity contribution is 6.04. The van der Waals surface area contributed by atoms with Crippen molar-refractivity contribution in [2.45, 2.75) is 13.8 Å². The van der Waals surface area contributed by atoms with Gasteiger partial charge in [-0.3, -0.25) is 4.79 Å². The van der Waals surface area contributed by atoms with Crippen molar-refractivity contribution in [3.8, 4) is 0 Å². The Hall–Kier alpha value is -2.30. The van der Waals surface area contributed by atoms with Crippen LogP contribution in [-0.2, 0) is 4.74 Å². The number of carbonyl (C=O) groups is 1. The minimum Gasteiger partial charge on any atom is -0.462 e. The van der Waals surface area contributed by atoms with E-state index in [0.717, 1.165) is 10.1 Å². The lowest BCUT2D eigenvalue weighted by Gasteiger charge is -2.11. The largest absolute Gasteiger partial charge is 0.462 e. The smallest absolute Gasteiger partial charge is 0.344 e. The van der Waals surface area contributed by atoms with Crippen LogP contribution < -0.4 is 11.4 Å². The van der Waals surface area contributed by atoms with Crippen LogP contribution in [0.4, 0.5) is 0 Å². The molecule has 0 aliphatic rings. The summed E-state index contributed by atoms with van der Waals surface area (Å²) in [6, 6.07) is 7.13. The molecule has 5 heteroatoms. The third-order valence-corrected chi connectivity index (χ3v) is 2.86. The van der Waals surface area contributed by atoms with Crippen LogP contribution in [0, 0.1) is 6.92 Å². The predicted molar refractivity (Wildman–Crippen MR) is 69.1 cm³/mol. The maximum absolute atomic E-state index is 12.1. The molecule has 0 unspecified atom stereocenters. The zero-order chi connectivity index (χ0) is 13.3. The Balaban J connectivity index is 2.87. The lowest BCUT2D eigenvalue weighted by molar-refractivity contribution is 0.0526. The molecule has 0 saturated heterocycles. The van der Waals surface area contributed by atoms with Crippen molar-refractivity contribution in [3.63, 3.8) is 0 Å². The number of hydrogen-bond acceptors (Lipinski definition) is 4. The van der Waals surface area contributed by atoms with E-state index in [2.05, 4.69) is 0 Å². The number of ether oxygens (including phenoxy) is 1. The first kappa shape index (κ1) is 12.2. The second-order valence-corrected chi connectivity index (χ2v) is 3.90. The zero-order valence-electron chi connectivity index (χ0n) is 10.3. The van der Waals surface area contributed by atoms with Gasteiger partial charge < -0.3 is 10.6 Å². The van der Waals surface area contributed by atoms with Crippen LogP contribution in [0.2, 0.25) is 0 Å². The van der Waals surface area contributed by atoms with Gasteiger partial charge in [-0.25, -0.2) is 9.47 Å². The second-order valence-electron chi connectivity index (χ2n) is 3.90. The van der Waals surface area contributed by atoms with E-state index in [9.17, 15) is 9.59 Å². The third kappa shape index (κ3) is 1.73. The molecule has 0 saturated carbocycles. The number of nitrogens with two attached hydrogens (primary N) is 1. The first-order valence-corrected chi connectivity index (χ1v) is 5.64. The maximum Gasteiger partial charge on any atom is 0.344 e.